The van der Waals surface area contributed by atoms with Gasteiger partial charge in [-0.3, -0.25) is 14.7 Å². The highest BCUT2D eigenvalue weighted by Crippen LogP contribution is 2.26. The summed E-state index contributed by atoms with van der Waals surface area (Å²) in [7, 11) is 3.48. The molecule has 2 aliphatic rings. The molecule has 1 unspecified atom stereocenters. The quantitative estimate of drug-likeness (QED) is 0.320. The van der Waals surface area contributed by atoms with Gasteiger partial charge in [0.25, 0.3) is 5.91 Å². The summed E-state index contributed by atoms with van der Waals surface area (Å²) in [5.74, 6) is 0.825. The number of aliphatic imine (C=N–C) groups is 1. The summed E-state index contributed by atoms with van der Waals surface area (Å²) in [6.07, 6.45) is 7.56. The maximum Gasteiger partial charge on any atom is 0.251 e. The molecule has 28 heavy (non-hydrogen) atoms. The van der Waals surface area contributed by atoms with Crippen LogP contribution in [-0.4, -0.2) is 62.6 Å². The van der Waals surface area contributed by atoms with Crippen LogP contribution in [0.1, 0.15) is 48.0 Å². The van der Waals surface area contributed by atoms with Gasteiger partial charge in [0.2, 0.25) is 0 Å². The van der Waals surface area contributed by atoms with Crippen LogP contribution in [-0.2, 0) is 6.42 Å². The third-order valence-corrected chi connectivity index (χ3v) is 5.75. The Morgan fingerprint density at radius 3 is 2.75 bits per heavy atom. The van der Waals surface area contributed by atoms with Crippen molar-refractivity contribution in [3.05, 3.63) is 35.4 Å². The molecular weight excluding hydrogens is 465 g/mol. The van der Waals surface area contributed by atoms with E-state index in [9.17, 15) is 4.79 Å². The van der Waals surface area contributed by atoms with Crippen LogP contribution in [0, 0.1) is 0 Å². The van der Waals surface area contributed by atoms with E-state index in [0.717, 1.165) is 37.1 Å². The minimum atomic E-state index is -0.0460. The topological polar surface area (TPSA) is 68.8 Å². The number of likely N-dealkylation sites (tertiary alicyclic amines) is 1. The normalized spacial score (nSPS) is 20.6. The van der Waals surface area contributed by atoms with Gasteiger partial charge in [-0.25, -0.2) is 0 Å². The molecule has 0 bridgehead atoms. The van der Waals surface area contributed by atoms with E-state index >= 15 is 0 Å². The first-order valence-electron chi connectivity index (χ1n) is 10.2. The van der Waals surface area contributed by atoms with E-state index in [1.54, 1.807) is 7.05 Å². The molecule has 7 heteroatoms. The number of nitrogens with zero attached hydrogens (tertiary/aromatic N) is 2. The van der Waals surface area contributed by atoms with E-state index in [4.69, 9.17) is 0 Å². The molecule has 1 aromatic rings. The standard InChI is InChI=1S/C21H33N5O.HI/c1-22-20(27)17-7-5-6-16(14-17)10-12-24-21(23-2)25-18-11-13-26(15-18)19-8-3-4-9-19;/h5-7,14,18-19H,3-4,8-13,15H2,1-2H3,(H,22,27)(H2,23,24,25);1H. The van der Waals surface area contributed by atoms with Crippen molar-refractivity contribution in [3.8, 4) is 0 Å². The molecule has 1 atom stereocenters. The fourth-order valence-corrected chi connectivity index (χ4v) is 4.23. The predicted octanol–water partition coefficient (Wildman–Crippen LogP) is 2.39. The Hall–Kier alpha value is -1.35. The van der Waals surface area contributed by atoms with Gasteiger partial charge >= 0.3 is 0 Å². The van der Waals surface area contributed by atoms with Gasteiger partial charge in [-0.15, -0.1) is 24.0 Å². The Bertz CT molecular complexity index is 660. The van der Waals surface area contributed by atoms with Crippen LogP contribution >= 0.6 is 24.0 Å². The molecule has 2 fully saturated rings. The number of nitrogens with one attached hydrogen (secondary N) is 3. The fraction of sp³-hybridized carbons (Fsp3) is 0.619. The maximum atomic E-state index is 11.7. The largest absolute Gasteiger partial charge is 0.356 e. The summed E-state index contributed by atoms with van der Waals surface area (Å²) in [4.78, 5) is 18.8. The van der Waals surface area contributed by atoms with E-state index in [1.807, 2.05) is 25.2 Å². The first kappa shape index (κ1) is 22.9. The van der Waals surface area contributed by atoms with Gasteiger partial charge in [0.15, 0.2) is 5.96 Å². The number of benzene rings is 1. The molecule has 0 radical (unpaired) electrons. The minimum absolute atomic E-state index is 0. The molecule has 1 saturated heterocycles. The van der Waals surface area contributed by atoms with E-state index in [0.29, 0.717) is 11.6 Å². The Kier molecular flexibility index (Phi) is 9.50. The molecule has 1 amide bonds. The van der Waals surface area contributed by atoms with Crippen LogP contribution in [0.4, 0.5) is 0 Å². The predicted molar refractivity (Wildman–Crippen MR) is 126 cm³/mol. The molecule has 0 aromatic heterocycles. The lowest BCUT2D eigenvalue weighted by Gasteiger charge is -2.24. The Balaban J connectivity index is 0.00000280. The third kappa shape index (κ3) is 6.34. The summed E-state index contributed by atoms with van der Waals surface area (Å²) >= 11 is 0. The van der Waals surface area contributed by atoms with Gasteiger partial charge in [-0.05, 0) is 43.4 Å². The molecule has 0 spiro atoms. The van der Waals surface area contributed by atoms with Gasteiger partial charge in [-0.1, -0.05) is 25.0 Å². The second kappa shape index (κ2) is 11.6. The SMILES string of the molecule is CN=C(NCCc1cccc(C(=O)NC)c1)NC1CCN(C2CCCC2)C1.I. The summed E-state index contributed by atoms with van der Waals surface area (Å²) in [5, 5.41) is 9.66. The van der Waals surface area contributed by atoms with Gasteiger partial charge in [0.05, 0.1) is 0 Å². The molecule has 1 aliphatic carbocycles. The Morgan fingerprint density at radius 1 is 1.25 bits per heavy atom. The summed E-state index contributed by atoms with van der Waals surface area (Å²) in [5.41, 5.74) is 1.85. The first-order chi connectivity index (χ1) is 13.2. The van der Waals surface area contributed by atoms with Crippen molar-refractivity contribution >= 4 is 35.8 Å². The summed E-state index contributed by atoms with van der Waals surface area (Å²) in [6.45, 7) is 3.11. The minimum Gasteiger partial charge on any atom is -0.356 e. The van der Waals surface area contributed by atoms with Crippen LogP contribution in [0.5, 0.6) is 0 Å². The van der Waals surface area contributed by atoms with Crippen molar-refractivity contribution in [2.45, 2.75) is 50.6 Å². The lowest BCUT2D eigenvalue weighted by atomic mass is 10.1. The van der Waals surface area contributed by atoms with Crippen LogP contribution < -0.4 is 16.0 Å². The lowest BCUT2D eigenvalue weighted by molar-refractivity contribution is 0.0963. The molecule has 3 N–H and O–H groups in total. The van der Waals surface area contributed by atoms with E-state index < -0.39 is 0 Å². The zero-order valence-corrected chi connectivity index (χ0v) is 19.4. The second-order valence-electron chi connectivity index (χ2n) is 7.59. The molecule has 1 aromatic carbocycles. The lowest BCUT2D eigenvalue weighted by Crippen LogP contribution is -2.45. The van der Waals surface area contributed by atoms with Crippen LogP contribution in [0.3, 0.4) is 0 Å². The molecule has 1 saturated carbocycles. The number of halogens is 1. The molecular formula is C21H34IN5O. The van der Waals surface area contributed by atoms with Crippen molar-refractivity contribution in [2.24, 2.45) is 4.99 Å². The Labute approximate surface area is 186 Å². The molecule has 156 valence electrons. The highest BCUT2D eigenvalue weighted by atomic mass is 127. The van der Waals surface area contributed by atoms with Gasteiger partial charge in [0, 0.05) is 51.4 Å². The average molecular weight is 499 g/mol. The number of amides is 1. The fourth-order valence-electron chi connectivity index (χ4n) is 4.23. The highest BCUT2D eigenvalue weighted by Gasteiger charge is 2.30. The van der Waals surface area contributed by atoms with Crippen molar-refractivity contribution in [1.29, 1.82) is 0 Å². The first-order valence-corrected chi connectivity index (χ1v) is 10.2. The molecule has 1 heterocycles. The smallest absolute Gasteiger partial charge is 0.251 e. The number of hydrogen-bond acceptors (Lipinski definition) is 3. The monoisotopic (exact) mass is 499 g/mol. The number of hydrogen-bond donors (Lipinski definition) is 3. The molecule has 3 rings (SSSR count). The van der Waals surface area contributed by atoms with Crippen molar-refractivity contribution in [2.75, 3.05) is 33.7 Å². The molecule has 1 aliphatic heterocycles. The second-order valence-corrected chi connectivity index (χ2v) is 7.59. The van der Waals surface area contributed by atoms with Crippen molar-refractivity contribution in [1.82, 2.24) is 20.9 Å². The van der Waals surface area contributed by atoms with Crippen LogP contribution in [0.15, 0.2) is 29.3 Å². The van der Waals surface area contributed by atoms with Gasteiger partial charge in [0.1, 0.15) is 0 Å². The van der Waals surface area contributed by atoms with Gasteiger partial charge in [-0.2, -0.15) is 0 Å². The maximum absolute atomic E-state index is 11.7. The van der Waals surface area contributed by atoms with Crippen LogP contribution in [0.25, 0.3) is 0 Å². The number of rotatable bonds is 6. The number of carbonyl (C=O) groups is 1. The summed E-state index contributed by atoms with van der Waals surface area (Å²) in [6, 6.07) is 9.07. The van der Waals surface area contributed by atoms with Crippen LogP contribution in [0.2, 0.25) is 0 Å². The van der Waals surface area contributed by atoms with Gasteiger partial charge < -0.3 is 16.0 Å². The Morgan fingerprint density at radius 2 is 2.04 bits per heavy atom. The molecule has 6 nitrogen and oxygen atoms in total. The highest BCUT2D eigenvalue weighted by molar-refractivity contribution is 14.0. The number of guanidine groups is 1. The average Bonchev–Trinajstić information content (AvgIpc) is 3.38. The van der Waals surface area contributed by atoms with E-state index in [-0.39, 0.29) is 29.9 Å². The third-order valence-electron chi connectivity index (χ3n) is 5.75. The zero-order chi connectivity index (χ0) is 19.1. The van der Waals surface area contributed by atoms with Crippen molar-refractivity contribution in [3.63, 3.8) is 0 Å². The van der Waals surface area contributed by atoms with Crippen molar-refractivity contribution < 1.29 is 4.79 Å². The van der Waals surface area contributed by atoms with E-state index in [1.165, 1.54) is 38.6 Å². The zero-order valence-electron chi connectivity index (χ0n) is 17.0. The number of carbonyl (C=O) groups excluding carboxylic acids is 1. The summed E-state index contributed by atoms with van der Waals surface area (Å²) < 4.78 is 0. The van der Waals surface area contributed by atoms with E-state index in [2.05, 4.69) is 31.9 Å².